The van der Waals surface area contributed by atoms with Crippen molar-refractivity contribution in [3.8, 4) is 0 Å². The van der Waals surface area contributed by atoms with E-state index in [1.54, 1.807) is 0 Å². The third-order valence-electron chi connectivity index (χ3n) is 3.71. The summed E-state index contributed by atoms with van der Waals surface area (Å²) in [7, 11) is 2.08. The molecule has 0 bridgehead atoms. The minimum absolute atomic E-state index is 0.147. The van der Waals surface area contributed by atoms with E-state index in [0.717, 1.165) is 18.7 Å². The standard InChI is InChI=1S/C15H20INO2/c1-15(2,12-9-17(3)10-12)19-14(18)13(16)11-7-5-4-6-8-11/h4-8,12-13H,9-10H2,1-3H3. The van der Waals surface area contributed by atoms with Crippen LogP contribution in [-0.4, -0.2) is 36.6 Å². The molecule has 3 nitrogen and oxygen atoms in total. The van der Waals surface area contributed by atoms with Gasteiger partial charge in [-0.25, -0.2) is 0 Å². The number of alkyl halides is 1. The van der Waals surface area contributed by atoms with Crippen LogP contribution in [-0.2, 0) is 9.53 Å². The van der Waals surface area contributed by atoms with Crippen molar-refractivity contribution in [3.63, 3.8) is 0 Å². The Balaban J connectivity index is 1.97. The second-order valence-electron chi connectivity index (χ2n) is 5.72. The molecule has 19 heavy (non-hydrogen) atoms. The fourth-order valence-electron chi connectivity index (χ4n) is 2.29. The molecule has 1 fully saturated rings. The van der Waals surface area contributed by atoms with Crippen LogP contribution >= 0.6 is 22.6 Å². The Morgan fingerprint density at radius 2 is 1.95 bits per heavy atom. The lowest BCUT2D eigenvalue weighted by Crippen LogP contribution is -2.55. The summed E-state index contributed by atoms with van der Waals surface area (Å²) in [6.07, 6.45) is 0. The maximum absolute atomic E-state index is 12.2. The van der Waals surface area contributed by atoms with E-state index >= 15 is 0 Å². The predicted octanol–water partition coefficient (Wildman–Crippen LogP) is 3.05. The van der Waals surface area contributed by atoms with E-state index in [-0.39, 0.29) is 15.5 Å². The highest BCUT2D eigenvalue weighted by Gasteiger charge is 2.41. The van der Waals surface area contributed by atoms with Crippen molar-refractivity contribution in [1.82, 2.24) is 4.90 Å². The van der Waals surface area contributed by atoms with Crippen LogP contribution in [0.25, 0.3) is 0 Å². The summed E-state index contributed by atoms with van der Waals surface area (Å²) in [5.74, 6) is 0.284. The molecule has 4 heteroatoms. The van der Waals surface area contributed by atoms with Crippen molar-refractivity contribution >= 4 is 28.6 Å². The zero-order valence-electron chi connectivity index (χ0n) is 11.6. The molecule has 1 unspecified atom stereocenters. The molecule has 1 aliphatic rings. The van der Waals surface area contributed by atoms with Crippen LogP contribution in [0.3, 0.4) is 0 Å². The molecule has 0 amide bonds. The molecule has 1 aromatic rings. The molecule has 0 aliphatic carbocycles. The molecular formula is C15H20INO2. The number of carbonyl (C=O) groups excluding carboxylic acids is 1. The second-order valence-corrected chi connectivity index (χ2v) is 6.96. The number of esters is 1. The maximum Gasteiger partial charge on any atom is 0.323 e. The van der Waals surface area contributed by atoms with Gasteiger partial charge in [-0.2, -0.15) is 0 Å². The lowest BCUT2D eigenvalue weighted by atomic mass is 9.84. The number of ether oxygens (including phenoxy) is 1. The second kappa shape index (κ2) is 5.79. The van der Waals surface area contributed by atoms with E-state index < -0.39 is 0 Å². The molecule has 0 aromatic heterocycles. The van der Waals surface area contributed by atoms with Gasteiger partial charge in [-0.1, -0.05) is 52.9 Å². The number of hydrogen-bond acceptors (Lipinski definition) is 3. The van der Waals surface area contributed by atoms with Gasteiger partial charge in [-0.05, 0) is 26.5 Å². The summed E-state index contributed by atoms with van der Waals surface area (Å²) in [6, 6.07) is 9.76. The molecule has 104 valence electrons. The molecule has 0 saturated carbocycles. The molecule has 0 spiro atoms. The fraction of sp³-hybridized carbons (Fsp3) is 0.533. The molecular weight excluding hydrogens is 353 g/mol. The average molecular weight is 373 g/mol. The van der Waals surface area contributed by atoms with Crippen molar-refractivity contribution in [2.45, 2.75) is 23.4 Å². The molecule has 0 N–H and O–H groups in total. The van der Waals surface area contributed by atoms with E-state index in [0.29, 0.717) is 5.92 Å². The first-order chi connectivity index (χ1) is 8.90. The van der Waals surface area contributed by atoms with E-state index in [4.69, 9.17) is 4.74 Å². The number of likely N-dealkylation sites (tertiary alicyclic amines) is 1. The smallest absolute Gasteiger partial charge is 0.323 e. The first-order valence-electron chi connectivity index (χ1n) is 6.50. The summed E-state index contributed by atoms with van der Waals surface area (Å²) in [5, 5.41) is 0. The number of benzene rings is 1. The summed E-state index contributed by atoms with van der Waals surface area (Å²) < 4.78 is 5.49. The van der Waals surface area contributed by atoms with E-state index in [2.05, 4.69) is 34.5 Å². The highest BCUT2D eigenvalue weighted by atomic mass is 127. The van der Waals surface area contributed by atoms with Gasteiger partial charge in [-0.15, -0.1) is 0 Å². The van der Waals surface area contributed by atoms with E-state index in [1.165, 1.54) is 0 Å². The monoisotopic (exact) mass is 373 g/mol. The summed E-state index contributed by atoms with van der Waals surface area (Å²) in [4.78, 5) is 14.5. The summed E-state index contributed by atoms with van der Waals surface area (Å²) >= 11 is 2.15. The minimum Gasteiger partial charge on any atom is -0.458 e. The van der Waals surface area contributed by atoms with Gasteiger partial charge < -0.3 is 9.64 Å². The van der Waals surface area contributed by atoms with Crippen molar-refractivity contribution in [1.29, 1.82) is 0 Å². The lowest BCUT2D eigenvalue weighted by molar-refractivity contribution is -0.167. The van der Waals surface area contributed by atoms with Crippen LogP contribution in [0.1, 0.15) is 23.3 Å². The van der Waals surface area contributed by atoms with Crippen molar-refractivity contribution in [3.05, 3.63) is 35.9 Å². The first kappa shape index (κ1) is 14.8. The maximum atomic E-state index is 12.2. The molecule has 0 radical (unpaired) electrons. The fourth-order valence-corrected chi connectivity index (χ4v) is 2.83. The highest BCUT2D eigenvalue weighted by Crippen LogP contribution is 2.33. The molecule has 1 saturated heterocycles. The number of carbonyl (C=O) groups is 1. The molecule has 1 atom stereocenters. The average Bonchev–Trinajstić information content (AvgIpc) is 2.34. The normalized spacial score (nSPS) is 18.7. The topological polar surface area (TPSA) is 29.5 Å². The Bertz CT molecular complexity index is 441. The van der Waals surface area contributed by atoms with Crippen LogP contribution < -0.4 is 0 Å². The van der Waals surface area contributed by atoms with E-state index in [9.17, 15) is 4.79 Å². The number of halogens is 1. The third-order valence-corrected chi connectivity index (χ3v) is 4.94. The van der Waals surface area contributed by atoms with Crippen LogP contribution in [0, 0.1) is 5.92 Å². The van der Waals surface area contributed by atoms with Gasteiger partial charge in [0.25, 0.3) is 0 Å². The molecule has 1 aliphatic heterocycles. The van der Waals surface area contributed by atoms with Crippen LogP contribution in [0.2, 0.25) is 0 Å². The number of rotatable bonds is 4. The quantitative estimate of drug-likeness (QED) is 0.462. The zero-order valence-corrected chi connectivity index (χ0v) is 13.8. The van der Waals surface area contributed by atoms with Crippen molar-refractivity contribution in [2.24, 2.45) is 5.92 Å². The largest absolute Gasteiger partial charge is 0.458 e. The number of hydrogen-bond donors (Lipinski definition) is 0. The Labute approximate surface area is 128 Å². The van der Waals surface area contributed by atoms with Gasteiger partial charge in [0, 0.05) is 19.0 Å². The van der Waals surface area contributed by atoms with Gasteiger partial charge in [-0.3, -0.25) is 4.79 Å². The molecule has 1 heterocycles. The SMILES string of the molecule is CN1CC(C(C)(C)OC(=O)C(I)c2ccccc2)C1. The lowest BCUT2D eigenvalue weighted by Gasteiger charge is -2.45. The highest BCUT2D eigenvalue weighted by molar-refractivity contribution is 14.1. The van der Waals surface area contributed by atoms with Crippen molar-refractivity contribution in [2.75, 3.05) is 20.1 Å². The van der Waals surface area contributed by atoms with Gasteiger partial charge >= 0.3 is 5.97 Å². The summed E-state index contributed by atoms with van der Waals surface area (Å²) in [5.41, 5.74) is 0.608. The van der Waals surface area contributed by atoms with Crippen LogP contribution in [0.4, 0.5) is 0 Å². The Morgan fingerprint density at radius 1 is 1.37 bits per heavy atom. The zero-order chi connectivity index (χ0) is 14.0. The molecule has 1 aromatic carbocycles. The van der Waals surface area contributed by atoms with Crippen LogP contribution in [0.5, 0.6) is 0 Å². The van der Waals surface area contributed by atoms with Gasteiger partial charge in [0.15, 0.2) is 0 Å². The number of nitrogens with zero attached hydrogens (tertiary/aromatic N) is 1. The van der Waals surface area contributed by atoms with Crippen LogP contribution in [0.15, 0.2) is 30.3 Å². The molecule has 2 rings (SSSR count). The van der Waals surface area contributed by atoms with Gasteiger partial charge in [0.05, 0.1) is 0 Å². The van der Waals surface area contributed by atoms with E-state index in [1.807, 2.05) is 44.2 Å². The Hall–Kier alpha value is -0.620. The predicted molar refractivity (Wildman–Crippen MR) is 84.4 cm³/mol. The van der Waals surface area contributed by atoms with Gasteiger partial charge in [0.1, 0.15) is 9.53 Å². The summed E-state index contributed by atoms with van der Waals surface area (Å²) in [6.45, 7) is 6.02. The first-order valence-corrected chi connectivity index (χ1v) is 7.75. The third kappa shape index (κ3) is 3.48. The van der Waals surface area contributed by atoms with Crippen molar-refractivity contribution < 1.29 is 9.53 Å². The Kier molecular flexibility index (Phi) is 4.50. The minimum atomic E-state index is -0.387. The Morgan fingerprint density at radius 3 is 2.47 bits per heavy atom. The van der Waals surface area contributed by atoms with Gasteiger partial charge in [0.2, 0.25) is 0 Å².